The van der Waals surface area contributed by atoms with E-state index in [-0.39, 0.29) is 22.0 Å². The zero-order chi connectivity index (χ0) is 23.8. The molecule has 0 saturated carbocycles. The monoisotopic (exact) mass is 466 g/mol. The summed E-state index contributed by atoms with van der Waals surface area (Å²) < 4.78 is 26.3. The highest BCUT2D eigenvalue weighted by Crippen LogP contribution is 2.29. The smallest absolute Gasteiger partial charge is 0.250 e. The average Bonchev–Trinajstić information content (AvgIpc) is 2.80. The molecule has 170 valence electrons. The maximum atomic E-state index is 12.9. The predicted octanol–water partition coefficient (Wildman–Crippen LogP) is 2.71. The van der Waals surface area contributed by atoms with Gasteiger partial charge in [-0.3, -0.25) is 9.59 Å². The minimum absolute atomic E-state index is 0.00589. The number of nitrogens with zero attached hydrogens (tertiary/aromatic N) is 1. The zero-order valence-corrected chi connectivity index (χ0v) is 18.5. The van der Waals surface area contributed by atoms with E-state index in [0.717, 1.165) is 15.4 Å². The summed E-state index contributed by atoms with van der Waals surface area (Å²) in [5.74, 6) is -1.64. The van der Waals surface area contributed by atoms with Crippen molar-refractivity contribution in [1.82, 2.24) is 4.31 Å². The number of hydrogen-bond acceptors (Lipinski definition) is 6. The van der Waals surface area contributed by atoms with Gasteiger partial charge in [0.1, 0.15) is 0 Å². The third kappa shape index (κ3) is 4.33. The molecule has 3 aromatic carbocycles. The Labute approximate surface area is 191 Å². The number of carbonyl (C=O) groups excluding carboxylic acids is 2. The van der Waals surface area contributed by atoms with Crippen LogP contribution in [0, 0.1) is 0 Å². The molecule has 4 rings (SSSR count). The second-order valence-electron chi connectivity index (χ2n) is 7.79. The molecule has 1 aliphatic rings. The highest BCUT2D eigenvalue weighted by atomic mass is 32.2. The van der Waals surface area contributed by atoms with E-state index in [2.05, 4.69) is 5.32 Å². The Kier molecular flexibility index (Phi) is 5.92. The van der Waals surface area contributed by atoms with Gasteiger partial charge >= 0.3 is 0 Å². The number of phenols is 2. The average molecular weight is 467 g/mol. The molecule has 1 atom stereocenters. The Hall–Kier alpha value is -3.69. The Bertz CT molecular complexity index is 1340. The van der Waals surface area contributed by atoms with Crippen LogP contribution < -0.4 is 5.32 Å². The number of rotatable bonds is 5. The van der Waals surface area contributed by atoms with Crippen LogP contribution in [0.5, 0.6) is 11.5 Å². The summed E-state index contributed by atoms with van der Waals surface area (Å²) in [6.07, 6.45) is 1.30. The van der Waals surface area contributed by atoms with Gasteiger partial charge in [-0.1, -0.05) is 30.3 Å². The highest BCUT2D eigenvalue weighted by Gasteiger charge is 2.45. The quantitative estimate of drug-likeness (QED) is 0.392. The zero-order valence-electron chi connectivity index (χ0n) is 17.7. The standard InChI is InChI=1S/C24H22N2O6S/c1-26-22(23(29)18-4-2-3-5-21(18)33(26,31)32)24(30)25-17-11-8-15(9-12-17)6-7-16-10-13-19(27)20(28)14-16/h2-5,8-14,22,27-28H,6-7H2,1H3,(H,25,30). The number of anilines is 1. The summed E-state index contributed by atoms with van der Waals surface area (Å²) >= 11 is 0. The summed E-state index contributed by atoms with van der Waals surface area (Å²) in [6.45, 7) is 0. The molecule has 0 aromatic heterocycles. The number of fused-ring (bicyclic) bond motifs is 1. The first-order valence-electron chi connectivity index (χ1n) is 10.2. The number of nitrogens with one attached hydrogen (secondary N) is 1. The van der Waals surface area contributed by atoms with Crippen molar-refractivity contribution < 1.29 is 28.2 Å². The number of aryl methyl sites for hydroxylation is 2. The Morgan fingerprint density at radius 3 is 2.27 bits per heavy atom. The molecule has 1 aliphatic heterocycles. The Morgan fingerprint density at radius 2 is 1.58 bits per heavy atom. The molecule has 0 radical (unpaired) electrons. The van der Waals surface area contributed by atoms with E-state index in [9.17, 15) is 28.2 Å². The molecule has 1 amide bonds. The fourth-order valence-corrected chi connectivity index (χ4v) is 5.24. The summed E-state index contributed by atoms with van der Waals surface area (Å²) in [7, 11) is -2.75. The number of carbonyl (C=O) groups is 2. The van der Waals surface area contributed by atoms with E-state index < -0.39 is 27.8 Å². The third-order valence-corrected chi connectivity index (χ3v) is 7.51. The molecule has 9 heteroatoms. The van der Waals surface area contributed by atoms with Gasteiger partial charge in [0.05, 0.1) is 4.90 Å². The fraction of sp³-hybridized carbons (Fsp3) is 0.167. The van der Waals surface area contributed by atoms with Crippen molar-refractivity contribution in [2.45, 2.75) is 23.8 Å². The number of benzene rings is 3. The van der Waals surface area contributed by atoms with Gasteiger partial charge in [-0.05, 0) is 60.4 Å². The lowest BCUT2D eigenvalue weighted by Crippen LogP contribution is -2.53. The number of phenolic OH excluding ortho intramolecular Hbond substituents is 2. The largest absolute Gasteiger partial charge is 0.504 e. The Balaban J connectivity index is 1.45. The molecule has 0 aliphatic carbocycles. The van der Waals surface area contributed by atoms with Crippen molar-refractivity contribution in [3.05, 3.63) is 83.4 Å². The molecular weight excluding hydrogens is 444 g/mol. The second kappa shape index (κ2) is 8.68. The topological polar surface area (TPSA) is 124 Å². The van der Waals surface area contributed by atoms with Gasteiger partial charge < -0.3 is 15.5 Å². The molecule has 1 heterocycles. The summed E-state index contributed by atoms with van der Waals surface area (Å²) in [6, 6.07) is 16.0. The SMILES string of the molecule is CN1C(C(=O)Nc2ccc(CCc3ccc(O)c(O)c3)cc2)C(=O)c2ccccc2S1(=O)=O. The number of aromatic hydroxyl groups is 2. The predicted molar refractivity (Wildman–Crippen MR) is 122 cm³/mol. The molecule has 3 aromatic rings. The second-order valence-corrected chi connectivity index (χ2v) is 9.76. The molecule has 0 saturated heterocycles. The molecule has 1 unspecified atom stereocenters. The van der Waals surface area contributed by atoms with Crippen LogP contribution in [0.4, 0.5) is 5.69 Å². The van der Waals surface area contributed by atoms with Crippen LogP contribution in [-0.2, 0) is 27.7 Å². The normalized spacial score (nSPS) is 17.4. The van der Waals surface area contributed by atoms with Gasteiger partial charge in [0.15, 0.2) is 23.3 Å². The molecule has 8 nitrogen and oxygen atoms in total. The lowest BCUT2D eigenvalue weighted by atomic mass is 10.0. The van der Waals surface area contributed by atoms with Gasteiger partial charge in [-0.15, -0.1) is 0 Å². The van der Waals surface area contributed by atoms with Gasteiger partial charge in [0.2, 0.25) is 10.0 Å². The van der Waals surface area contributed by atoms with Crippen LogP contribution in [0.1, 0.15) is 21.5 Å². The lowest BCUT2D eigenvalue weighted by molar-refractivity contribution is -0.118. The van der Waals surface area contributed by atoms with Crippen molar-refractivity contribution in [2.24, 2.45) is 0 Å². The number of amides is 1. The van der Waals surface area contributed by atoms with Crippen LogP contribution >= 0.6 is 0 Å². The van der Waals surface area contributed by atoms with E-state index in [1.54, 1.807) is 24.3 Å². The van der Waals surface area contributed by atoms with Crippen LogP contribution in [0.2, 0.25) is 0 Å². The maximum absolute atomic E-state index is 12.9. The molecule has 33 heavy (non-hydrogen) atoms. The van der Waals surface area contributed by atoms with Crippen molar-refractivity contribution in [3.63, 3.8) is 0 Å². The van der Waals surface area contributed by atoms with Crippen molar-refractivity contribution in [3.8, 4) is 11.5 Å². The maximum Gasteiger partial charge on any atom is 0.250 e. The van der Waals surface area contributed by atoms with E-state index in [0.29, 0.717) is 18.5 Å². The number of ketones is 1. The first kappa shape index (κ1) is 22.5. The molecule has 0 fully saturated rings. The van der Waals surface area contributed by atoms with Crippen molar-refractivity contribution in [2.75, 3.05) is 12.4 Å². The van der Waals surface area contributed by atoms with Gasteiger partial charge in [-0.2, -0.15) is 4.31 Å². The number of sulfonamides is 1. The van der Waals surface area contributed by atoms with E-state index in [1.807, 2.05) is 12.1 Å². The minimum atomic E-state index is -3.97. The van der Waals surface area contributed by atoms with Crippen LogP contribution in [0.25, 0.3) is 0 Å². The van der Waals surface area contributed by atoms with E-state index in [1.165, 1.54) is 37.4 Å². The first-order chi connectivity index (χ1) is 15.7. The van der Waals surface area contributed by atoms with Crippen molar-refractivity contribution in [1.29, 1.82) is 0 Å². The third-order valence-electron chi connectivity index (χ3n) is 5.63. The van der Waals surface area contributed by atoms with Gasteiger partial charge in [-0.25, -0.2) is 8.42 Å². The lowest BCUT2D eigenvalue weighted by Gasteiger charge is -2.30. The highest BCUT2D eigenvalue weighted by molar-refractivity contribution is 7.89. The molecular formula is C24H22N2O6S. The number of likely N-dealkylation sites (N-methyl/N-ethyl adjacent to an activating group) is 1. The van der Waals surface area contributed by atoms with Crippen LogP contribution in [-0.4, -0.2) is 47.7 Å². The summed E-state index contributed by atoms with van der Waals surface area (Å²) in [4.78, 5) is 25.6. The molecule has 0 bridgehead atoms. The number of Topliss-reactive ketones (excluding diaryl/α,β-unsaturated/α-hetero) is 1. The summed E-state index contributed by atoms with van der Waals surface area (Å²) in [5, 5.41) is 21.6. The van der Waals surface area contributed by atoms with Gasteiger partial charge in [0.25, 0.3) is 5.91 Å². The number of hydrogen-bond donors (Lipinski definition) is 3. The van der Waals surface area contributed by atoms with E-state index in [4.69, 9.17) is 0 Å². The summed E-state index contributed by atoms with van der Waals surface area (Å²) in [5.41, 5.74) is 2.28. The van der Waals surface area contributed by atoms with Crippen molar-refractivity contribution >= 4 is 27.4 Å². The van der Waals surface area contributed by atoms with Crippen LogP contribution in [0.3, 0.4) is 0 Å². The first-order valence-corrected chi connectivity index (χ1v) is 11.6. The Morgan fingerprint density at radius 1 is 0.939 bits per heavy atom. The fourth-order valence-electron chi connectivity index (χ4n) is 3.76. The molecule has 0 spiro atoms. The van der Waals surface area contributed by atoms with Gasteiger partial charge in [0, 0.05) is 18.3 Å². The van der Waals surface area contributed by atoms with Crippen LogP contribution in [0.15, 0.2) is 71.6 Å². The van der Waals surface area contributed by atoms with E-state index >= 15 is 0 Å². The molecule has 3 N–H and O–H groups in total. The minimum Gasteiger partial charge on any atom is -0.504 e.